The maximum absolute atomic E-state index is 9.18. The number of halogens is 1. The standard InChI is InChI=1S/C13H10BrN/c1-9-6-7-13(14)12(8-15)11-5-3-2-4-10(9)11/h2-7,12H,1H3. The quantitative estimate of drug-likeness (QED) is 0.691. The summed E-state index contributed by atoms with van der Waals surface area (Å²) < 4.78 is 0.925. The van der Waals surface area contributed by atoms with Crippen LogP contribution in [0.2, 0.25) is 0 Å². The van der Waals surface area contributed by atoms with Crippen LogP contribution < -0.4 is 0 Å². The van der Waals surface area contributed by atoms with E-state index in [4.69, 9.17) is 0 Å². The van der Waals surface area contributed by atoms with Crippen molar-refractivity contribution in [3.63, 3.8) is 0 Å². The van der Waals surface area contributed by atoms with Gasteiger partial charge in [-0.15, -0.1) is 0 Å². The van der Waals surface area contributed by atoms with Crippen molar-refractivity contribution in [2.45, 2.75) is 12.8 Å². The zero-order valence-electron chi connectivity index (χ0n) is 8.37. The maximum Gasteiger partial charge on any atom is 0.103 e. The molecule has 0 amide bonds. The Bertz CT molecular complexity index is 492. The second-order valence-electron chi connectivity index (χ2n) is 3.55. The van der Waals surface area contributed by atoms with Crippen LogP contribution >= 0.6 is 15.9 Å². The maximum atomic E-state index is 9.18. The molecule has 0 aliphatic heterocycles. The normalized spacial score (nSPS) is 19.4. The number of nitrogens with zero attached hydrogens (tertiary/aromatic N) is 1. The Morgan fingerprint density at radius 2 is 2.00 bits per heavy atom. The van der Waals surface area contributed by atoms with Gasteiger partial charge in [0.15, 0.2) is 0 Å². The first-order valence-electron chi connectivity index (χ1n) is 4.77. The van der Waals surface area contributed by atoms with Crippen molar-refractivity contribution in [3.05, 3.63) is 52.0 Å². The highest BCUT2D eigenvalue weighted by Gasteiger charge is 2.19. The number of benzene rings is 1. The van der Waals surface area contributed by atoms with Gasteiger partial charge in [0.25, 0.3) is 0 Å². The molecule has 1 aliphatic rings. The van der Waals surface area contributed by atoms with Gasteiger partial charge >= 0.3 is 0 Å². The van der Waals surface area contributed by atoms with Crippen LogP contribution in [-0.2, 0) is 0 Å². The molecule has 74 valence electrons. The number of hydrogen-bond donors (Lipinski definition) is 0. The van der Waals surface area contributed by atoms with Gasteiger partial charge in [0, 0.05) is 4.48 Å². The first-order valence-corrected chi connectivity index (χ1v) is 5.56. The molecule has 1 nitrogen and oxygen atoms in total. The van der Waals surface area contributed by atoms with Crippen molar-refractivity contribution in [1.82, 2.24) is 0 Å². The van der Waals surface area contributed by atoms with E-state index in [1.54, 1.807) is 0 Å². The van der Waals surface area contributed by atoms with E-state index in [0.717, 1.165) is 15.6 Å². The molecule has 1 unspecified atom stereocenters. The number of fused-ring (bicyclic) bond motifs is 1. The average Bonchev–Trinajstić information content (AvgIpc) is 2.38. The van der Waals surface area contributed by atoms with Crippen LogP contribution in [0.25, 0.3) is 5.57 Å². The highest BCUT2D eigenvalue weighted by atomic mass is 79.9. The van der Waals surface area contributed by atoms with E-state index < -0.39 is 0 Å². The Labute approximate surface area is 97.9 Å². The molecule has 0 aromatic heterocycles. The Morgan fingerprint density at radius 3 is 2.73 bits per heavy atom. The van der Waals surface area contributed by atoms with E-state index >= 15 is 0 Å². The molecule has 0 spiro atoms. The summed E-state index contributed by atoms with van der Waals surface area (Å²) in [6, 6.07) is 10.4. The summed E-state index contributed by atoms with van der Waals surface area (Å²) in [7, 11) is 0. The van der Waals surface area contributed by atoms with Crippen molar-refractivity contribution in [1.29, 1.82) is 5.26 Å². The summed E-state index contributed by atoms with van der Waals surface area (Å²) in [5.74, 6) is -0.185. The predicted octanol–water partition coefficient (Wildman–Crippen LogP) is 3.99. The van der Waals surface area contributed by atoms with Crippen LogP contribution in [0.4, 0.5) is 0 Å². The molecule has 0 heterocycles. The molecular formula is C13H10BrN. The molecule has 1 aromatic rings. The fourth-order valence-corrected chi connectivity index (χ4v) is 2.26. The molecule has 0 fully saturated rings. The molecule has 1 atom stereocenters. The molecule has 15 heavy (non-hydrogen) atoms. The third-order valence-electron chi connectivity index (χ3n) is 2.59. The van der Waals surface area contributed by atoms with Gasteiger partial charge in [-0.1, -0.05) is 52.3 Å². The lowest BCUT2D eigenvalue weighted by molar-refractivity contribution is 1.08. The third kappa shape index (κ3) is 1.75. The SMILES string of the molecule is CC1=CC=C(Br)C(C#N)c2ccccc21. The van der Waals surface area contributed by atoms with Crippen molar-refractivity contribution in [2.75, 3.05) is 0 Å². The van der Waals surface area contributed by atoms with E-state index in [1.165, 1.54) is 5.57 Å². The third-order valence-corrected chi connectivity index (χ3v) is 3.32. The molecule has 0 saturated carbocycles. The molecule has 1 aliphatic carbocycles. The van der Waals surface area contributed by atoms with Gasteiger partial charge in [0.05, 0.1) is 6.07 Å². The first-order chi connectivity index (χ1) is 7.24. The minimum atomic E-state index is -0.185. The zero-order chi connectivity index (χ0) is 10.8. The van der Waals surface area contributed by atoms with Crippen LogP contribution in [0, 0.1) is 11.3 Å². The summed E-state index contributed by atoms with van der Waals surface area (Å²) in [6.07, 6.45) is 4.00. The number of nitriles is 1. The van der Waals surface area contributed by atoms with Crippen molar-refractivity contribution < 1.29 is 0 Å². The molecule has 2 heteroatoms. The second-order valence-corrected chi connectivity index (χ2v) is 4.47. The van der Waals surface area contributed by atoms with E-state index in [0.29, 0.717) is 0 Å². The molecular weight excluding hydrogens is 250 g/mol. The second kappa shape index (κ2) is 4.04. The van der Waals surface area contributed by atoms with E-state index in [9.17, 15) is 5.26 Å². The summed E-state index contributed by atoms with van der Waals surface area (Å²) >= 11 is 3.46. The molecule has 0 saturated heterocycles. The fourth-order valence-electron chi connectivity index (χ4n) is 1.78. The van der Waals surface area contributed by atoms with Gasteiger partial charge in [0.1, 0.15) is 5.92 Å². The highest BCUT2D eigenvalue weighted by Crippen LogP contribution is 2.35. The first kappa shape index (κ1) is 10.2. The monoisotopic (exact) mass is 259 g/mol. The van der Waals surface area contributed by atoms with Crippen LogP contribution in [0.3, 0.4) is 0 Å². The smallest absolute Gasteiger partial charge is 0.103 e. The fraction of sp³-hybridized carbons (Fsp3) is 0.154. The van der Waals surface area contributed by atoms with Gasteiger partial charge in [-0.05, 0) is 23.6 Å². The number of hydrogen-bond acceptors (Lipinski definition) is 1. The summed E-state index contributed by atoms with van der Waals surface area (Å²) in [5.41, 5.74) is 3.43. The van der Waals surface area contributed by atoms with E-state index in [1.807, 2.05) is 30.4 Å². The summed E-state index contributed by atoms with van der Waals surface area (Å²) in [4.78, 5) is 0. The van der Waals surface area contributed by atoms with Gasteiger partial charge in [-0.25, -0.2) is 0 Å². The predicted molar refractivity (Wildman–Crippen MR) is 65.5 cm³/mol. The van der Waals surface area contributed by atoms with E-state index in [-0.39, 0.29) is 5.92 Å². The van der Waals surface area contributed by atoms with Crippen molar-refractivity contribution in [3.8, 4) is 6.07 Å². The van der Waals surface area contributed by atoms with Crippen molar-refractivity contribution >= 4 is 21.5 Å². The lowest BCUT2D eigenvalue weighted by atomic mass is 9.93. The summed E-state index contributed by atoms with van der Waals surface area (Å²) in [5, 5.41) is 9.18. The van der Waals surface area contributed by atoms with Crippen LogP contribution in [0.5, 0.6) is 0 Å². The lowest BCUT2D eigenvalue weighted by Gasteiger charge is -2.11. The number of allylic oxidation sites excluding steroid dienone is 4. The minimum Gasteiger partial charge on any atom is -0.197 e. The van der Waals surface area contributed by atoms with Gasteiger partial charge in [0.2, 0.25) is 0 Å². The largest absolute Gasteiger partial charge is 0.197 e. The minimum absolute atomic E-state index is 0.185. The lowest BCUT2D eigenvalue weighted by Crippen LogP contribution is -1.98. The van der Waals surface area contributed by atoms with Gasteiger partial charge < -0.3 is 0 Å². The molecule has 0 radical (unpaired) electrons. The van der Waals surface area contributed by atoms with Crippen LogP contribution in [0.15, 0.2) is 40.9 Å². The number of rotatable bonds is 0. The Morgan fingerprint density at radius 1 is 1.27 bits per heavy atom. The average molecular weight is 260 g/mol. The van der Waals surface area contributed by atoms with E-state index in [2.05, 4.69) is 35.0 Å². The molecule has 1 aromatic carbocycles. The Hall–Kier alpha value is -1.33. The molecule has 0 N–H and O–H groups in total. The van der Waals surface area contributed by atoms with Crippen molar-refractivity contribution in [2.24, 2.45) is 0 Å². The Kier molecular flexibility index (Phi) is 2.75. The van der Waals surface area contributed by atoms with Gasteiger partial charge in [-0.2, -0.15) is 5.26 Å². The Balaban J connectivity index is 2.68. The highest BCUT2D eigenvalue weighted by molar-refractivity contribution is 9.11. The summed E-state index contributed by atoms with van der Waals surface area (Å²) in [6.45, 7) is 2.06. The zero-order valence-corrected chi connectivity index (χ0v) is 9.95. The molecule has 0 bridgehead atoms. The molecule has 2 rings (SSSR count). The van der Waals surface area contributed by atoms with Crippen LogP contribution in [0.1, 0.15) is 24.0 Å². The van der Waals surface area contributed by atoms with Crippen LogP contribution in [-0.4, -0.2) is 0 Å². The van der Waals surface area contributed by atoms with Gasteiger partial charge in [-0.3, -0.25) is 0 Å². The topological polar surface area (TPSA) is 23.8 Å².